The van der Waals surface area contributed by atoms with Gasteiger partial charge in [-0.3, -0.25) is 0 Å². The van der Waals surface area contributed by atoms with E-state index in [4.69, 9.17) is 10.2 Å². The summed E-state index contributed by atoms with van der Waals surface area (Å²) in [6.45, 7) is 2.06. The maximum atomic E-state index is 10.6. The number of nitrogens with zero attached hydrogens (tertiary/aromatic N) is 1. The molecule has 3 aromatic rings. The van der Waals surface area contributed by atoms with Crippen molar-refractivity contribution in [2.45, 2.75) is 12.6 Å². The Bertz CT molecular complexity index is 832. The van der Waals surface area contributed by atoms with Crippen LogP contribution >= 0.6 is 31.9 Å². The Labute approximate surface area is 169 Å². The monoisotopic (exact) mass is 485 g/mol. The number of aliphatic hydroxyl groups is 3. The number of benzene rings is 2. The smallest absolute Gasteiger partial charge is 0.121 e. The van der Waals surface area contributed by atoms with Gasteiger partial charge in [0, 0.05) is 30.8 Å². The summed E-state index contributed by atoms with van der Waals surface area (Å²) in [6, 6.07) is 12.3. The number of rotatable bonds is 8. The van der Waals surface area contributed by atoms with Crippen LogP contribution < -0.4 is 4.90 Å². The first-order valence-electron chi connectivity index (χ1n) is 8.64. The standard InChI is InChI=1S/C19H22Br2N2O3/c20-13-1-3-18-16(9-13)17-10-14(21)2-4-19(17)23(18)12-15(26)11-22(5-7-24)6-8-25/h1-4,9-10,15,24-26H,5-8,11-12H2/p+1/t15-/m1/s1. The highest BCUT2D eigenvalue weighted by Gasteiger charge is 2.18. The van der Waals surface area contributed by atoms with Crippen LogP contribution in [0.2, 0.25) is 0 Å². The normalized spacial score (nSPS) is 13.2. The third-order valence-corrected chi connectivity index (χ3v) is 5.62. The average molecular weight is 487 g/mol. The van der Waals surface area contributed by atoms with Gasteiger partial charge < -0.3 is 24.8 Å². The van der Waals surface area contributed by atoms with Crippen LogP contribution in [0.5, 0.6) is 0 Å². The summed E-state index contributed by atoms with van der Waals surface area (Å²) in [5.74, 6) is 0. The zero-order chi connectivity index (χ0) is 18.7. The Kier molecular flexibility index (Phi) is 6.71. The Morgan fingerprint density at radius 3 is 1.85 bits per heavy atom. The van der Waals surface area contributed by atoms with Gasteiger partial charge in [0.15, 0.2) is 0 Å². The van der Waals surface area contributed by atoms with Crippen molar-refractivity contribution < 1.29 is 20.2 Å². The largest absolute Gasteiger partial charge is 0.391 e. The van der Waals surface area contributed by atoms with Crippen molar-refractivity contribution in [2.75, 3.05) is 32.8 Å². The van der Waals surface area contributed by atoms with E-state index in [0.29, 0.717) is 26.2 Å². The second kappa shape index (κ2) is 8.82. The van der Waals surface area contributed by atoms with Gasteiger partial charge in [-0.25, -0.2) is 0 Å². The minimum Gasteiger partial charge on any atom is -0.391 e. The molecule has 0 saturated heterocycles. The number of halogens is 2. The zero-order valence-electron chi connectivity index (χ0n) is 14.3. The Hall–Kier alpha value is -0.960. The first kappa shape index (κ1) is 19.8. The molecule has 5 nitrogen and oxygen atoms in total. The quantitative estimate of drug-likeness (QED) is 0.390. The molecular weight excluding hydrogens is 464 g/mol. The van der Waals surface area contributed by atoms with E-state index in [1.165, 1.54) is 0 Å². The molecule has 0 aliphatic carbocycles. The molecule has 1 atom stereocenters. The van der Waals surface area contributed by atoms with Crippen LogP contribution in [0.25, 0.3) is 21.8 Å². The molecule has 0 radical (unpaired) electrons. The second-order valence-corrected chi connectivity index (χ2v) is 8.32. The Balaban J connectivity index is 1.95. The number of hydrogen-bond donors (Lipinski definition) is 4. The molecule has 0 unspecified atom stereocenters. The highest BCUT2D eigenvalue weighted by Crippen LogP contribution is 2.33. The van der Waals surface area contributed by atoms with E-state index in [9.17, 15) is 5.11 Å². The molecule has 1 aromatic heterocycles. The molecule has 7 heteroatoms. The molecule has 26 heavy (non-hydrogen) atoms. The lowest BCUT2D eigenvalue weighted by Crippen LogP contribution is -3.14. The van der Waals surface area contributed by atoms with E-state index >= 15 is 0 Å². The molecule has 140 valence electrons. The Morgan fingerprint density at radius 2 is 1.38 bits per heavy atom. The SMILES string of the molecule is OCC[NH+](CCO)C[C@@H](O)Cn1c2ccc(Br)cc2c2cc(Br)ccc21. The van der Waals surface area contributed by atoms with Gasteiger partial charge in [0.25, 0.3) is 0 Å². The zero-order valence-corrected chi connectivity index (χ0v) is 17.5. The summed E-state index contributed by atoms with van der Waals surface area (Å²) in [5, 5.41) is 31.3. The summed E-state index contributed by atoms with van der Waals surface area (Å²) < 4.78 is 4.18. The van der Waals surface area contributed by atoms with Crippen molar-refractivity contribution in [3.63, 3.8) is 0 Å². The molecular formula is C19H23Br2N2O3+. The van der Waals surface area contributed by atoms with Gasteiger partial charge in [0.05, 0.1) is 19.8 Å². The van der Waals surface area contributed by atoms with Crippen molar-refractivity contribution >= 4 is 53.7 Å². The molecule has 0 saturated carbocycles. The van der Waals surface area contributed by atoms with E-state index in [1.54, 1.807) is 0 Å². The summed E-state index contributed by atoms with van der Waals surface area (Å²) in [6.07, 6.45) is -0.575. The van der Waals surface area contributed by atoms with Crippen LogP contribution in [0.1, 0.15) is 0 Å². The third-order valence-electron chi connectivity index (χ3n) is 4.64. The average Bonchev–Trinajstić information content (AvgIpc) is 2.88. The minimum absolute atomic E-state index is 0.0412. The van der Waals surface area contributed by atoms with Gasteiger partial charge in [-0.15, -0.1) is 0 Å². The van der Waals surface area contributed by atoms with Gasteiger partial charge >= 0.3 is 0 Å². The fraction of sp³-hybridized carbons (Fsp3) is 0.368. The molecule has 0 bridgehead atoms. The first-order valence-corrected chi connectivity index (χ1v) is 10.2. The van der Waals surface area contributed by atoms with Gasteiger partial charge in [-0.1, -0.05) is 31.9 Å². The van der Waals surface area contributed by atoms with Crippen molar-refractivity contribution in [1.29, 1.82) is 0 Å². The summed E-state index contributed by atoms with van der Waals surface area (Å²) >= 11 is 7.09. The highest BCUT2D eigenvalue weighted by molar-refractivity contribution is 9.10. The maximum absolute atomic E-state index is 10.6. The van der Waals surface area contributed by atoms with E-state index in [1.807, 2.05) is 12.1 Å². The molecule has 0 aliphatic heterocycles. The topological polar surface area (TPSA) is 70.1 Å². The number of aromatic nitrogens is 1. The van der Waals surface area contributed by atoms with Crippen LogP contribution in [0.15, 0.2) is 45.3 Å². The molecule has 0 fully saturated rings. The molecule has 2 aromatic carbocycles. The van der Waals surface area contributed by atoms with Crippen molar-refractivity contribution in [1.82, 2.24) is 4.57 Å². The molecule has 0 spiro atoms. The second-order valence-electron chi connectivity index (χ2n) is 6.49. The summed E-state index contributed by atoms with van der Waals surface area (Å²) in [7, 11) is 0. The van der Waals surface area contributed by atoms with Gasteiger partial charge in [0.2, 0.25) is 0 Å². The maximum Gasteiger partial charge on any atom is 0.121 e. The summed E-state index contributed by atoms with van der Waals surface area (Å²) in [5.41, 5.74) is 2.15. The number of aliphatic hydroxyl groups excluding tert-OH is 3. The number of nitrogens with one attached hydrogen (secondary N) is 1. The Morgan fingerprint density at radius 1 is 0.885 bits per heavy atom. The highest BCUT2D eigenvalue weighted by atomic mass is 79.9. The van der Waals surface area contributed by atoms with E-state index in [0.717, 1.165) is 35.7 Å². The number of fused-ring (bicyclic) bond motifs is 3. The lowest BCUT2D eigenvalue weighted by atomic mass is 10.2. The van der Waals surface area contributed by atoms with Crippen LogP contribution in [-0.4, -0.2) is 58.8 Å². The predicted molar refractivity (Wildman–Crippen MR) is 111 cm³/mol. The predicted octanol–water partition coefficient (Wildman–Crippen LogP) is 1.55. The first-order chi connectivity index (χ1) is 12.5. The van der Waals surface area contributed by atoms with Gasteiger partial charge in [-0.05, 0) is 36.4 Å². The lowest BCUT2D eigenvalue weighted by molar-refractivity contribution is -0.904. The molecule has 4 N–H and O–H groups in total. The van der Waals surface area contributed by atoms with Crippen molar-refractivity contribution in [3.8, 4) is 0 Å². The van der Waals surface area contributed by atoms with Crippen molar-refractivity contribution in [3.05, 3.63) is 45.3 Å². The van der Waals surface area contributed by atoms with E-state index in [2.05, 4.69) is 60.7 Å². The third kappa shape index (κ3) is 4.30. The van der Waals surface area contributed by atoms with Crippen LogP contribution in [0.3, 0.4) is 0 Å². The molecule has 0 aliphatic rings. The fourth-order valence-corrected chi connectivity index (χ4v) is 4.22. The molecule has 3 rings (SSSR count). The minimum atomic E-state index is -0.575. The fourth-order valence-electron chi connectivity index (χ4n) is 3.50. The van der Waals surface area contributed by atoms with Crippen molar-refractivity contribution in [2.24, 2.45) is 0 Å². The number of hydrogen-bond acceptors (Lipinski definition) is 3. The van der Waals surface area contributed by atoms with Crippen LogP contribution in [0.4, 0.5) is 0 Å². The van der Waals surface area contributed by atoms with Gasteiger partial charge in [-0.2, -0.15) is 0 Å². The lowest BCUT2D eigenvalue weighted by Gasteiger charge is -2.21. The molecule has 1 heterocycles. The van der Waals surface area contributed by atoms with E-state index < -0.39 is 6.10 Å². The molecule has 0 amide bonds. The van der Waals surface area contributed by atoms with E-state index in [-0.39, 0.29) is 13.2 Å². The van der Waals surface area contributed by atoms with Crippen LogP contribution in [0, 0.1) is 0 Å². The summed E-state index contributed by atoms with van der Waals surface area (Å²) in [4.78, 5) is 0.994. The van der Waals surface area contributed by atoms with Crippen LogP contribution in [-0.2, 0) is 6.54 Å². The van der Waals surface area contributed by atoms with Gasteiger partial charge in [0.1, 0.15) is 25.7 Å². The number of quaternary nitrogens is 1.